The summed E-state index contributed by atoms with van der Waals surface area (Å²) >= 11 is 5.95. The van der Waals surface area contributed by atoms with Crippen molar-refractivity contribution in [3.63, 3.8) is 0 Å². The number of carboxylic acids is 1. The monoisotopic (exact) mass is 300 g/mol. The first kappa shape index (κ1) is 16.4. The molecule has 0 fully saturated rings. The van der Waals surface area contributed by atoms with Gasteiger partial charge in [-0.05, 0) is 18.1 Å². The average Bonchev–Trinajstić information content (AvgIpc) is 2.39. The molecule has 0 heterocycles. The van der Waals surface area contributed by atoms with E-state index >= 15 is 0 Å². The molecular weight excluding hydrogens is 284 g/mol. The first-order chi connectivity index (χ1) is 9.45. The van der Waals surface area contributed by atoms with E-state index in [1.54, 1.807) is 0 Å². The van der Waals surface area contributed by atoms with Crippen LogP contribution in [0.5, 0.6) is 0 Å². The number of hydrogen-bond donors (Lipinski definition) is 2. The highest BCUT2D eigenvalue weighted by Gasteiger charge is 2.17. The average molecular weight is 301 g/mol. The molecule has 0 saturated carbocycles. The third-order valence-corrected chi connectivity index (χ3v) is 3.28. The van der Waals surface area contributed by atoms with E-state index in [9.17, 15) is 14.9 Å². The van der Waals surface area contributed by atoms with Crippen LogP contribution in [0.25, 0.3) is 0 Å². The Balaban J connectivity index is 2.68. The molecule has 1 aromatic rings. The number of nitrogens with one attached hydrogen (secondary N) is 1. The van der Waals surface area contributed by atoms with E-state index in [0.29, 0.717) is 12.0 Å². The lowest BCUT2D eigenvalue weighted by molar-refractivity contribution is -0.384. The lowest BCUT2D eigenvalue weighted by atomic mass is 10.1. The number of nitro benzene ring substituents is 1. The minimum atomic E-state index is -0.906. The van der Waals surface area contributed by atoms with Crippen molar-refractivity contribution in [2.75, 3.05) is 0 Å². The van der Waals surface area contributed by atoms with Gasteiger partial charge >= 0.3 is 5.97 Å². The molecule has 0 aliphatic rings. The first-order valence-electron chi connectivity index (χ1n) is 6.34. The van der Waals surface area contributed by atoms with Crippen LogP contribution >= 0.6 is 11.6 Å². The molecule has 0 radical (unpaired) electrons. The molecule has 0 amide bonds. The molecule has 1 aromatic carbocycles. The predicted octanol–water partition coefficient (Wildman–Crippen LogP) is 2.98. The zero-order valence-electron chi connectivity index (χ0n) is 11.1. The zero-order valence-corrected chi connectivity index (χ0v) is 11.9. The van der Waals surface area contributed by atoms with E-state index in [-0.39, 0.29) is 17.3 Å². The molecule has 0 bridgehead atoms. The Bertz CT molecular complexity index is 493. The molecule has 1 unspecified atom stereocenters. The van der Waals surface area contributed by atoms with Gasteiger partial charge in [0.05, 0.1) is 9.95 Å². The van der Waals surface area contributed by atoms with Gasteiger partial charge in [-0.1, -0.05) is 31.4 Å². The van der Waals surface area contributed by atoms with E-state index in [1.165, 1.54) is 18.2 Å². The fraction of sp³-hybridized carbons (Fsp3) is 0.462. The predicted molar refractivity (Wildman–Crippen MR) is 75.9 cm³/mol. The van der Waals surface area contributed by atoms with Crippen LogP contribution in [0.4, 0.5) is 5.69 Å². The Labute approximate surface area is 121 Å². The lowest BCUT2D eigenvalue weighted by Gasteiger charge is -2.14. The topological polar surface area (TPSA) is 92.5 Å². The second-order valence-electron chi connectivity index (χ2n) is 4.45. The normalized spacial score (nSPS) is 12.1. The smallest absolute Gasteiger partial charge is 0.320 e. The highest BCUT2D eigenvalue weighted by Crippen LogP contribution is 2.22. The van der Waals surface area contributed by atoms with E-state index in [4.69, 9.17) is 16.7 Å². The van der Waals surface area contributed by atoms with Gasteiger partial charge in [-0.25, -0.2) is 0 Å². The molecule has 110 valence electrons. The number of benzene rings is 1. The fourth-order valence-electron chi connectivity index (χ4n) is 1.75. The summed E-state index contributed by atoms with van der Waals surface area (Å²) in [7, 11) is 0. The van der Waals surface area contributed by atoms with Crippen molar-refractivity contribution >= 4 is 23.3 Å². The van der Waals surface area contributed by atoms with Gasteiger partial charge < -0.3 is 10.4 Å². The summed E-state index contributed by atoms with van der Waals surface area (Å²) in [6.07, 6.45) is 2.28. The number of non-ortho nitro benzene ring substituents is 1. The number of rotatable bonds is 8. The number of nitro groups is 1. The van der Waals surface area contributed by atoms with Crippen LogP contribution in [-0.2, 0) is 11.3 Å². The molecule has 0 spiro atoms. The van der Waals surface area contributed by atoms with Crippen molar-refractivity contribution in [1.29, 1.82) is 0 Å². The molecule has 6 nitrogen and oxygen atoms in total. The van der Waals surface area contributed by atoms with Crippen molar-refractivity contribution in [2.45, 2.75) is 38.8 Å². The summed E-state index contributed by atoms with van der Waals surface area (Å²) < 4.78 is 0. The van der Waals surface area contributed by atoms with E-state index < -0.39 is 16.9 Å². The molecule has 7 heteroatoms. The maximum Gasteiger partial charge on any atom is 0.320 e. The van der Waals surface area contributed by atoms with Gasteiger partial charge in [-0.2, -0.15) is 0 Å². The first-order valence-corrected chi connectivity index (χ1v) is 6.72. The molecule has 0 saturated heterocycles. The van der Waals surface area contributed by atoms with Crippen LogP contribution in [0.3, 0.4) is 0 Å². The van der Waals surface area contributed by atoms with Crippen molar-refractivity contribution in [1.82, 2.24) is 5.32 Å². The lowest BCUT2D eigenvalue weighted by Crippen LogP contribution is -2.36. The number of carbonyl (C=O) groups is 1. The Morgan fingerprint density at radius 3 is 2.75 bits per heavy atom. The summed E-state index contributed by atoms with van der Waals surface area (Å²) in [5, 5.41) is 22.8. The van der Waals surface area contributed by atoms with Crippen molar-refractivity contribution in [3.05, 3.63) is 38.9 Å². The SMILES string of the molecule is CCCCC(NCc1ccc([N+](=O)[O-])cc1Cl)C(=O)O. The molecule has 20 heavy (non-hydrogen) atoms. The number of halogens is 1. The van der Waals surface area contributed by atoms with E-state index in [0.717, 1.165) is 12.8 Å². The second-order valence-corrected chi connectivity index (χ2v) is 4.85. The van der Waals surface area contributed by atoms with E-state index in [2.05, 4.69) is 5.32 Å². The largest absolute Gasteiger partial charge is 0.480 e. The van der Waals surface area contributed by atoms with Crippen molar-refractivity contribution in [2.24, 2.45) is 0 Å². The standard InChI is InChI=1S/C13H17ClN2O4/c1-2-3-4-12(13(17)18)15-8-9-5-6-10(16(19)20)7-11(9)14/h5-7,12,15H,2-4,8H2,1H3,(H,17,18). The van der Waals surface area contributed by atoms with Gasteiger partial charge in [-0.3, -0.25) is 14.9 Å². The highest BCUT2D eigenvalue weighted by atomic mass is 35.5. The second kappa shape index (κ2) is 7.81. The Kier molecular flexibility index (Phi) is 6.41. The minimum Gasteiger partial charge on any atom is -0.480 e. The third-order valence-electron chi connectivity index (χ3n) is 2.93. The van der Waals surface area contributed by atoms with E-state index in [1.807, 2.05) is 6.92 Å². The Morgan fingerprint density at radius 2 is 2.25 bits per heavy atom. The van der Waals surface area contributed by atoms with Crippen LogP contribution in [0.15, 0.2) is 18.2 Å². The fourth-order valence-corrected chi connectivity index (χ4v) is 1.99. The van der Waals surface area contributed by atoms with Gasteiger partial charge in [0.1, 0.15) is 6.04 Å². The summed E-state index contributed by atoms with van der Waals surface area (Å²) in [4.78, 5) is 21.1. The van der Waals surface area contributed by atoms with Gasteiger partial charge in [0.2, 0.25) is 0 Å². The number of nitrogens with zero attached hydrogens (tertiary/aromatic N) is 1. The molecule has 1 rings (SSSR count). The van der Waals surface area contributed by atoms with Crippen molar-refractivity contribution in [3.8, 4) is 0 Å². The van der Waals surface area contributed by atoms with Gasteiger partial charge in [0.25, 0.3) is 5.69 Å². The third kappa shape index (κ3) is 4.79. The number of aliphatic carboxylic acids is 1. The molecule has 1 atom stereocenters. The van der Waals surface area contributed by atoms with Crippen LogP contribution in [0, 0.1) is 10.1 Å². The van der Waals surface area contributed by atoms with Crippen LogP contribution in [0.1, 0.15) is 31.7 Å². The summed E-state index contributed by atoms with van der Waals surface area (Å²) in [5.41, 5.74) is 0.555. The quantitative estimate of drug-likeness (QED) is 0.569. The molecule has 0 aliphatic heterocycles. The zero-order chi connectivity index (χ0) is 15.1. The molecule has 0 aromatic heterocycles. The van der Waals surface area contributed by atoms with Crippen LogP contribution in [0.2, 0.25) is 5.02 Å². The van der Waals surface area contributed by atoms with Gasteiger partial charge in [0, 0.05) is 18.7 Å². The highest BCUT2D eigenvalue weighted by molar-refractivity contribution is 6.31. The minimum absolute atomic E-state index is 0.0838. The number of hydrogen-bond acceptors (Lipinski definition) is 4. The summed E-state index contributed by atoms with van der Waals surface area (Å²) in [5.74, 6) is -0.906. The van der Waals surface area contributed by atoms with Crippen LogP contribution in [-0.4, -0.2) is 22.0 Å². The summed E-state index contributed by atoms with van der Waals surface area (Å²) in [6.45, 7) is 2.25. The number of carboxylic acid groups (broad SMARTS) is 1. The summed E-state index contributed by atoms with van der Waals surface area (Å²) in [6, 6.07) is 3.51. The maximum absolute atomic E-state index is 11.1. The maximum atomic E-state index is 11.1. The number of unbranched alkanes of at least 4 members (excludes halogenated alkanes) is 1. The molecular formula is C13H17ClN2O4. The van der Waals surface area contributed by atoms with Crippen LogP contribution < -0.4 is 5.32 Å². The van der Waals surface area contributed by atoms with Gasteiger partial charge in [0.15, 0.2) is 0 Å². The Hall–Kier alpha value is -1.66. The molecule has 0 aliphatic carbocycles. The Morgan fingerprint density at radius 1 is 1.55 bits per heavy atom. The van der Waals surface area contributed by atoms with Gasteiger partial charge in [-0.15, -0.1) is 0 Å². The van der Waals surface area contributed by atoms with Crippen molar-refractivity contribution < 1.29 is 14.8 Å². The molecule has 2 N–H and O–H groups in total.